The third-order valence-electron chi connectivity index (χ3n) is 5.46. The minimum absolute atomic E-state index is 0.0954. The van der Waals surface area contributed by atoms with E-state index in [9.17, 15) is 14.4 Å². The lowest BCUT2D eigenvalue weighted by Crippen LogP contribution is -2.29. The molecule has 34 heavy (non-hydrogen) atoms. The van der Waals surface area contributed by atoms with Gasteiger partial charge in [-0.25, -0.2) is 14.7 Å². The Morgan fingerprint density at radius 2 is 1.68 bits per heavy atom. The first-order chi connectivity index (χ1) is 16.4. The number of carbonyl (C=O) groups excluding carboxylic acids is 3. The highest BCUT2D eigenvalue weighted by molar-refractivity contribution is 6.35. The number of carbonyl (C=O) groups is 3. The third kappa shape index (κ3) is 3.86. The van der Waals surface area contributed by atoms with Crippen molar-refractivity contribution in [1.29, 1.82) is 0 Å². The van der Waals surface area contributed by atoms with Gasteiger partial charge in [0.15, 0.2) is 0 Å². The van der Waals surface area contributed by atoms with Crippen LogP contribution in [0.2, 0.25) is 5.02 Å². The van der Waals surface area contributed by atoms with E-state index in [4.69, 9.17) is 20.8 Å². The van der Waals surface area contributed by atoms with E-state index in [0.29, 0.717) is 28.1 Å². The molecule has 1 aromatic heterocycles. The van der Waals surface area contributed by atoms with Gasteiger partial charge in [0.1, 0.15) is 18.1 Å². The lowest BCUT2D eigenvalue weighted by Gasteiger charge is -2.13. The van der Waals surface area contributed by atoms with Crippen LogP contribution in [0, 0.1) is 6.92 Å². The fraction of sp³-hybridized carbons (Fsp3) is 0.0769. The molecule has 0 spiro atoms. The second kappa shape index (κ2) is 8.61. The molecule has 2 heterocycles. The van der Waals surface area contributed by atoms with Crippen LogP contribution in [0.3, 0.4) is 0 Å². The van der Waals surface area contributed by atoms with Crippen LogP contribution < -0.4 is 4.90 Å². The van der Waals surface area contributed by atoms with E-state index < -0.39 is 17.8 Å². The SMILES string of the molecule is Cc1oc(-c2ccccc2)nc1COC(=O)c1ccc2c(c1)C(=O)N(c1ccc(Cl)cc1)C2=O. The summed E-state index contributed by atoms with van der Waals surface area (Å²) in [6.45, 7) is 1.65. The average Bonchev–Trinajstić information content (AvgIpc) is 3.35. The van der Waals surface area contributed by atoms with Crippen molar-refractivity contribution >= 4 is 35.1 Å². The number of rotatable bonds is 5. The highest BCUT2D eigenvalue weighted by Crippen LogP contribution is 2.30. The number of nitrogens with zero attached hydrogens (tertiary/aromatic N) is 2. The highest BCUT2D eigenvalue weighted by Gasteiger charge is 2.37. The summed E-state index contributed by atoms with van der Waals surface area (Å²) < 4.78 is 11.1. The van der Waals surface area contributed by atoms with E-state index in [0.717, 1.165) is 10.5 Å². The van der Waals surface area contributed by atoms with Crippen molar-refractivity contribution in [2.45, 2.75) is 13.5 Å². The predicted octanol–water partition coefficient (Wildman–Crippen LogP) is 5.46. The van der Waals surface area contributed by atoms with Gasteiger partial charge in [-0.15, -0.1) is 0 Å². The number of oxazole rings is 1. The van der Waals surface area contributed by atoms with E-state index in [1.165, 1.54) is 18.2 Å². The van der Waals surface area contributed by atoms with Crippen LogP contribution in [0.1, 0.15) is 42.5 Å². The molecule has 0 unspecified atom stereocenters. The molecule has 0 aliphatic carbocycles. The molecule has 2 amide bonds. The molecule has 1 aliphatic rings. The van der Waals surface area contributed by atoms with Crippen molar-refractivity contribution in [2.75, 3.05) is 4.90 Å². The first-order valence-electron chi connectivity index (χ1n) is 10.4. The number of esters is 1. The van der Waals surface area contributed by atoms with Crippen molar-refractivity contribution in [1.82, 2.24) is 4.98 Å². The van der Waals surface area contributed by atoms with E-state index in [1.54, 1.807) is 31.2 Å². The standard InChI is InChI=1S/C26H17ClN2O5/c1-15-22(28-23(34-15)16-5-3-2-4-6-16)14-33-26(32)17-7-12-20-21(13-17)25(31)29(24(20)30)19-10-8-18(27)9-11-19/h2-13H,14H2,1H3. The van der Waals surface area contributed by atoms with Gasteiger partial charge in [-0.05, 0) is 61.5 Å². The Labute approximate surface area is 199 Å². The second-order valence-electron chi connectivity index (χ2n) is 7.65. The molecule has 0 saturated heterocycles. The number of amides is 2. The quantitative estimate of drug-likeness (QED) is 0.283. The number of aryl methyl sites for hydroxylation is 1. The fourth-order valence-corrected chi connectivity index (χ4v) is 3.80. The van der Waals surface area contributed by atoms with Crippen molar-refractivity contribution in [3.05, 3.63) is 106 Å². The maximum Gasteiger partial charge on any atom is 0.338 e. The summed E-state index contributed by atoms with van der Waals surface area (Å²) in [6, 6.07) is 20.0. The summed E-state index contributed by atoms with van der Waals surface area (Å²) >= 11 is 5.90. The largest absolute Gasteiger partial charge is 0.455 e. The Balaban J connectivity index is 1.33. The number of anilines is 1. The summed E-state index contributed by atoms with van der Waals surface area (Å²) in [4.78, 5) is 43.9. The first-order valence-corrected chi connectivity index (χ1v) is 10.8. The van der Waals surface area contributed by atoms with Gasteiger partial charge in [-0.3, -0.25) is 9.59 Å². The minimum Gasteiger partial charge on any atom is -0.455 e. The maximum atomic E-state index is 12.9. The molecule has 0 fully saturated rings. The molecule has 0 bridgehead atoms. The number of aromatic nitrogens is 1. The summed E-state index contributed by atoms with van der Waals surface area (Å²) in [6.07, 6.45) is 0. The molecule has 0 radical (unpaired) electrons. The summed E-state index contributed by atoms with van der Waals surface area (Å²) in [5.74, 6) is -0.643. The van der Waals surface area contributed by atoms with Crippen LogP contribution in [0.4, 0.5) is 5.69 Å². The zero-order chi connectivity index (χ0) is 23.8. The number of hydrogen-bond acceptors (Lipinski definition) is 6. The van der Waals surface area contributed by atoms with Crippen LogP contribution in [0.15, 0.2) is 77.2 Å². The number of benzene rings is 3. The molecule has 0 saturated carbocycles. The number of ether oxygens (including phenoxy) is 1. The van der Waals surface area contributed by atoms with Gasteiger partial charge >= 0.3 is 5.97 Å². The predicted molar refractivity (Wildman–Crippen MR) is 125 cm³/mol. The van der Waals surface area contributed by atoms with Gasteiger partial charge in [0, 0.05) is 10.6 Å². The lowest BCUT2D eigenvalue weighted by atomic mass is 10.1. The van der Waals surface area contributed by atoms with Crippen molar-refractivity contribution in [3.63, 3.8) is 0 Å². The molecular weight excluding hydrogens is 456 g/mol. The zero-order valence-electron chi connectivity index (χ0n) is 17.9. The Morgan fingerprint density at radius 3 is 2.41 bits per heavy atom. The van der Waals surface area contributed by atoms with Crippen molar-refractivity contribution < 1.29 is 23.5 Å². The van der Waals surface area contributed by atoms with Crippen molar-refractivity contribution in [3.8, 4) is 11.5 Å². The van der Waals surface area contributed by atoms with Crippen LogP contribution in [0.25, 0.3) is 11.5 Å². The average molecular weight is 473 g/mol. The smallest absolute Gasteiger partial charge is 0.338 e. The van der Waals surface area contributed by atoms with Gasteiger partial charge in [0.05, 0.1) is 22.4 Å². The topological polar surface area (TPSA) is 89.7 Å². The molecule has 7 nitrogen and oxygen atoms in total. The number of hydrogen-bond donors (Lipinski definition) is 0. The third-order valence-corrected chi connectivity index (χ3v) is 5.71. The van der Waals surface area contributed by atoms with Crippen LogP contribution >= 0.6 is 11.6 Å². The second-order valence-corrected chi connectivity index (χ2v) is 8.08. The minimum atomic E-state index is -0.642. The zero-order valence-corrected chi connectivity index (χ0v) is 18.7. The number of fused-ring (bicyclic) bond motifs is 1. The number of halogens is 1. The molecule has 168 valence electrons. The number of imide groups is 1. The van der Waals surface area contributed by atoms with Crippen LogP contribution in [-0.4, -0.2) is 22.8 Å². The molecule has 0 N–H and O–H groups in total. The summed E-state index contributed by atoms with van der Waals surface area (Å²) in [5.41, 5.74) is 2.22. The van der Waals surface area contributed by atoms with Crippen LogP contribution in [-0.2, 0) is 11.3 Å². The Bertz CT molecular complexity index is 1430. The first kappa shape index (κ1) is 21.6. The molecule has 4 aromatic rings. The van der Waals surface area contributed by atoms with Gasteiger partial charge in [-0.2, -0.15) is 0 Å². The van der Waals surface area contributed by atoms with Gasteiger partial charge < -0.3 is 9.15 Å². The summed E-state index contributed by atoms with van der Waals surface area (Å²) in [7, 11) is 0. The monoisotopic (exact) mass is 472 g/mol. The molecular formula is C26H17ClN2O5. The molecule has 5 rings (SSSR count). The summed E-state index contributed by atoms with van der Waals surface area (Å²) in [5, 5.41) is 0.489. The van der Waals surface area contributed by atoms with E-state index >= 15 is 0 Å². The van der Waals surface area contributed by atoms with E-state index in [2.05, 4.69) is 4.98 Å². The molecule has 0 atom stereocenters. The lowest BCUT2D eigenvalue weighted by molar-refractivity contribution is 0.0466. The fourth-order valence-electron chi connectivity index (χ4n) is 3.68. The Morgan fingerprint density at radius 1 is 0.971 bits per heavy atom. The van der Waals surface area contributed by atoms with Crippen molar-refractivity contribution in [2.24, 2.45) is 0 Å². The highest BCUT2D eigenvalue weighted by atomic mass is 35.5. The molecule has 8 heteroatoms. The van der Waals surface area contributed by atoms with Gasteiger partial charge in [0.25, 0.3) is 11.8 Å². The molecule has 1 aliphatic heterocycles. The Hall–Kier alpha value is -4.23. The van der Waals surface area contributed by atoms with Gasteiger partial charge in [-0.1, -0.05) is 29.8 Å². The van der Waals surface area contributed by atoms with E-state index in [-0.39, 0.29) is 23.3 Å². The maximum absolute atomic E-state index is 12.9. The Kier molecular flexibility index (Phi) is 5.47. The molecule has 3 aromatic carbocycles. The van der Waals surface area contributed by atoms with Gasteiger partial charge in [0.2, 0.25) is 5.89 Å². The normalized spacial score (nSPS) is 12.7. The van der Waals surface area contributed by atoms with Crippen LogP contribution in [0.5, 0.6) is 0 Å². The van der Waals surface area contributed by atoms with E-state index in [1.807, 2.05) is 30.3 Å².